The fourth-order valence-corrected chi connectivity index (χ4v) is 3.27. The zero-order valence-corrected chi connectivity index (χ0v) is 15.5. The van der Waals surface area contributed by atoms with E-state index in [0.717, 1.165) is 16.7 Å². The zero-order chi connectivity index (χ0) is 19.0. The fourth-order valence-electron chi connectivity index (χ4n) is 2.65. The number of aromatic nitrogens is 2. The molecule has 3 rings (SSSR count). The Labute approximate surface area is 159 Å². The molecule has 2 aromatic carbocycles. The Balaban J connectivity index is 2.40. The molecule has 0 saturated carbocycles. The lowest BCUT2D eigenvalue weighted by Crippen LogP contribution is -2.32. The number of fused-ring (bicyclic) bond motifs is 1. The minimum absolute atomic E-state index is 0.0269. The van der Waals surface area contributed by atoms with Gasteiger partial charge in [-0.2, -0.15) is 0 Å². The van der Waals surface area contributed by atoms with Gasteiger partial charge in [-0.05, 0) is 53.8 Å². The predicted octanol–water partition coefficient (Wildman–Crippen LogP) is 3.60. The SMILES string of the molecule is CC(NC(=O)O)c1nc2c(I)cccc2c(=O)n1-c1cc(F)cc(F)c1. The molecule has 1 amide bonds. The normalized spacial score (nSPS) is 12.2. The van der Waals surface area contributed by atoms with Gasteiger partial charge in [0, 0.05) is 9.64 Å². The van der Waals surface area contributed by atoms with Crippen LogP contribution in [0, 0.1) is 15.2 Å². The topological polar surface area (TPSA) is 84.2 Å². The summed E-state index contributed by atoms with van der Waals surface area (Å²) < 4.78 is 29.1. The van der Waals surface area contributed by atoms with Crippen LogP contribution in [0.5, 0.6) is 0 Å². The van der Waals surface area contributed by atoms with Gasteiger partial charge >= 0.3 is 6.09 Å². The molecule has 0 aliphatic heterocycles. The number of carboxylic acid groups (broad SMARTS) is 1. The van der Waals surface area contributed by atoms with Gasteiger partial charge < -0.3 is 10.4 Å². The first-order valence-electron chi connectivity index (χ1n) is 7.45. The largest absolute Gasteiger partial charge is 0.465 e. The maximum atomic E-state index is 13.7. The summed E-state index contributed by atoms with van der Waals surface area (Å²) in [5.74, 6) is -1.70. The highest BCUT2D eigenvalue weighted by molar-refractivity contribution is 14.1. The number of amides is 1. The lowest BCUT2D eigenvalue weighted by atomic mass is 10.2. The van der Waals surface area contributed by atoms with Crippen molar-refractivity contribution < 1.29 is 18.7 Å². The summed E-state index contributed by atoms with van der Waals surface area (Å²) in [5, 5.41) is 11.5. The quantitative estimate of drug-likeness (QED) is 0.572. The minimum atomic E-state index is -1.31. The van der Waals surface area contributed by atoms with Crippen molar-refractivity contribution in [2.45, 2.75) is 13.0 Å². The van der Waals surface area contributed by atoms with Crippen LogP contribution in [0.1, 0.15) is 18.8 Å². The Morgan fingerprint density at radius 3 is 2.54 bits per heavy atom. The van der Waals surface area contributed by atoms with Crippen LogP contribution in [-0.4, -0.2) is 20.8 Å². The smallest absolute Gasteiger partial charge is 0.405 e. The summed E-state index contributed by atoms with van der Waals surface area (Å²) in [5.41, 5.74) is -0.234. The van der Waals surface area contributed by atoms with Crippen molar-refractivity contribution in [1.82, 2.24) is 14.9 Å². The molecule has 0 radical (unpaired) electrons. The van der Waals surface area contributed by atoms with Crippen LogP contribution >= 0.6 is 22.6 Å². The zero-order valence-electron chi connectivity index (χ0n) is 13.3. The molecule has 2 N–H and O–H groups in total. The van der Waals surface area contributed by atoms with Crippen molar-refractivity contribution in [3.8, 4) is 5.69 Å². The summed E-state index contributed by atoms with van der Waals surface area (Å²) in [6.07, 6.45) is -1.31. The third-order valence-electron chi connectivity index (χ3n) is 3.71. The molecular weight excluding hydrogens is 459 g/mol. The first-order valence-corrected chi connectivity index (χ1v) is 8.53. The first kappa shape index (κ1) is 18.2. The third kappa shape index (κ3) is 3.39. The number of nitrogens with zero attached hydrogens (tertiary/aromatic N) is 2. The van der Waals surface area contributed by atoms with Gasteiger partial charge in [-0.3, -0.25) is 9.36 Å². The highest BCUT2D eigenvalue weighted by Crippen LogP contribution is 2.22. The molecule has 1 aromatic heterocycles. The summed E-state index contributed by atoms with van der Waals surface area (Å²) >= 11 is 2.01. The first-order chi connectivity index (χ1) is 12.3. The second kappa shape index (κ2) is 6.98. The van der Waals surface area contributed by atoms with Crippen molar-refractivity contribution >= 4 is 39.6 Å². The third-order valence-corrected chi connectivity index (χ3v) is 4.58. The van der Waals surface area contributed by atoms with E-state index in [1.807, 2.05) is 22.6 Å². The summed E-state index contributed by atoms with van der Waals surface area (Å²) in [4.78, 5) is 28.4. The second-order valence-corrected chi connectivity index (χ2v) is 6.71. The number of hydrogen-bond acceptors (Lipinski definition) is 3. The molecule has 0 aliphatic carbocycles. The number of carbonyl (C=O) groups is 1. The molecule has 0 saturated heterocycles. The fraction of sp³-hybridized carbons (Fsp3) is 0.118. The predicted molar refractivity (Wildman–Crippen MR) is 99.5 cm³/mol. The standard InChI is InChI=1S/C17H12F2IN3O3/c1-8(21-17(25)26)15-22-14-12(3-2-4-13(14)20)16(24)23(15)11-6-9(18)5-10(19)7-11/h2-8,21H,1H3,(H,25,26). The van der Waals surface area contributed by atoms with Gasteiger partial charge in [0.2, 0.25) is 0 Å². The summed E-state index contributed by atoms with van der Waals surface area (Å²) in [7, 11) is 0. The highest BCUT2D eigenvalue weighted by Gasteiger charge is 2.21. The van der Waals surface area contributed by atoms with Gasteiger partial charge in [-0.1, -0.05) is 6.07 Å². The number of para-hydroxylation sites is 1. The molecule has 0 bridgehead atoms. The van der Waals surface area contributed by atoms with Crippen LogP contribution in [0.3, 0.4) is 0 Å². The molecule has 0 spiro atoms. The molecule has 9 heteroatoms. The Hall–Kier alpha value is -2.56. The van der Waals surface area contributed by atoms with Crippen molar-refractivity contribution in [3.05, 3.63) is 67.8 Å². The lowest BCUT2D eigenvalue weighted by molar-refractivity contribution is 0.190. The van der Waals surface area contributed by atoms with Crippen LogP contribution in [0.25, 0.3) is 16.6 Å². The van der Waals surface area contributed by atoms with Crippen molar-refractivity contribution in [2.24, 2.45) is 0 Å². The van der Waals surface area contributed by atoms with Gasteiger partial charge in [-0.25, -0.2) is 18.6 Å². The van der Waals surface area contributed by atoms with E-state index in [9.17, 15) is 18.4 Å². The Morgan fingerprint density at radius 1 is 1.27 bits per heavy atom. The van der Waals surface area contributed by atoms with Crippen LogP contribution in [0.4, 0.5) is 13.6 Å². The monoisotopic (exact) mass is 471 g/mol. The van der Waals surface area contributed by atoms with Crippen molar-refractivity contribution in [1.29, 1.82) is 0 Å². The van der Waals surface area contributed by atoms with E-state index in [4.69, 9.17) is 5.11 Å². The van der Waals surface area contributed by atoms with E-state index in [-0.39, 0.29) is 16.9 Å². The van der Waals surface area contributed by atoms with Crippen LogP contribution < -0.4 is 10.9 Å². The van der Waals surface area contributed by atoms with Gasteiger partial charge in [0.05, 0.1) is 22.6 Å². The molecular formula is C17H12F2IN3O3. The van der Waals surface area contributed by atoms with Gasteiger partial charge in [0.15, 0.2) is 0 Å². The van der Waals surface area contributed by atoms with Gasteiger partial charge in [0.25, 0.3) is 5.56 Å². The van der Waals surface area contributed by atoms with Crippen molar-refractivity contribution in [2.75, 3.05) is 0 Å². The second-order valence-electron chi connectivity index (χ2n) is 5.55. The molecule has 1 heterocycles. The average Bonchev–Trinajstić information content (AvgIpc) is 2.53. The van der Waals surface area contributed by atoms with Crippen molar-refractivity contribution in [3.63, 3.8) is 0 Å². The molecule has 0 aliphatic rings. The molecule has 1 atom stereocenters. The lowest BCUT2D eigenvalue weighted by Gasteiger charge is -2.19. The Bertz CT molecular complexity index is 1060. The Kier molecular flexibility index (Phi) is 4.90. The van der Waals surface area contributed by atoms with E-state index in [2.05, 4.69) is 10.3 Å². The highest BCUT2D eigenvalue weighted by atomic mass is 127. The van der Waals surface area contributed by atoms with E-state index >= 15 is 0 Å². The number of benzene rings is 2. The van der Waals surface area contributed by atoms with E-state index in [0.29, 0.717) is 15.2 Å². The average molecular weight is 471 g/mol. The molecule has 6 nitrogen and oxygen atoms in total. The van der Waals surface area contributed by atoms with Crippen LogP contribution in [0.2, 0.25) is 0 Å². The molecule has 134 valence electrons. The molecule has 1 unspecified atom stereocenters. The van der Waals surface area contributed by atoms with Gasteiger partial charge in [0.1, 0.15) is 17.5 Å². The minimum Gasteiger partial charge on any atom is -0.465 e. The number of nitrogens with one attached hydrogen (secondary N) is 1. The van der Waals surface area contributed by atoms with E-state index < -0.39 is 29.3 Å². The number of rotatable bonds is 3. The van der Waals surface area contributed by atoms with Crippen LogP contribution in [-0.2, 0) is 0 Å². The molecule has 0 fully saturated rings. The molecule has 26 heavy (non-hydrogen) atoms. The number of hydrogen-bond donors (Lipinski definition) is 2. The summed E-state index contributed by atoms with van der Waals surface area (Å²) in [6.45, 7) is 1.49. The van der Waals surface area contributed by atoms with E-state index in [1.54, 1.807) is 18.2 Å². The van der Waals surface area contributed by atoms with Gasteiger partial charge in [-0.15, -0.1) is 0 Å². The number of halogens is 3. The van der Waals surface area contributed by atoms with E-state index in [1.165, 1.54) is 6.92 Å². The maximum absolute atomic E-state index is 13.7. The maximum Gasteiger partial charge on any atom is 0.405 e. The summed E-state index contributed by atoms with van der Waals surface area (Å²) in [6, 6.07) is 6.74. The Morgan fingerprint density at radius 2 is 1.92 bits per heavy atom. The molecule has 3 aromatic rings. The van der Waals surface area contributed by atoms with Crippen LogP contribution in [0.15, 0.2) is 41.2 Å².